The molecule has 1 aromatic heterocycles. The van der Waals surface area contributed by atoms with Gasteiger partial charge in [0.25, 0.3) is 11.4 Å². The van der Waals surface area contributed by atoms with Gasteiger partial charge in [0.1, 0.15) is 4.70 Å². The van der Waals surface area contributed by atoms with Gasteiger partial charge in [-0.05, 0) is 18.2 Å². The molecule has 9 heteroatoms. The standard InChI is InChI=1S/C22H17N4O4S/c27-25(28)18-12-16(13-19(14-18)26(29)30)15-24-20-8-4-5-9-21(20)31-22(24)10-11-23-17-6-2-1-3-7-17/h1-9,11-14H,10,15H2/q+1. The van der Waals surface area contributed by atoms with E-state index in [0.29, 0.717) is 12.0 Å². The molecule has 4 aromatic rings. The lowest BCUT2D eigenvalue weighted by molar-refractivity contribution is -0.664. The van der Waals surface area contributed by atoms with Crippen LogP contribution in [-0.4, -0.2) is 16.1 Å². The Balaban J connectivity index is 1.72. The van der Waals surface area contributed by atoms with E-state index in [1.807, 2.05) is 65.4 Å². The molecule has 0 bridgehead atoms. The first-order valence-corrected chi connectivity index (χ1v) is 10.2. The number of hydrogen-bond donors (Lipinski definition) is 0. The molecule has 0 N–H and O–H groups in total. The lowest BCUT2D eigenvalue weighted by Gasteiger charge is -2.01. The zero-order valence-electron chi connectivity index (χ0n) is 16.2. The summed E-state index contributed by atoms with van der Waals surface area (Å²) in [6.45, 7) is 0.279. The van der Waals surface area contributed by atoms with Crippen LogP contribution in [0, 0.1) is 20.2 Å². The number of benzene rings is 3. The predicted molar refractivity (Wildman–Crippen MR) is 119 cm³/mol. The average molecular weight is 433 g/mol. The van der Waals surface area contributed by atoms with E-state index in [9.17, 15) is 20.2 Å². The second-order valence-electron chi connectivity index (χ2n) is 6.77. The van der Waals surface area contributed by atoms with Crippen LogP contribution < -0.4 is 4.57 Å². The number of fused-ring (bicyclic) bond motifs is 1. The van der Waals surface area contributed by atoms with Crippen LogP contribution >= 0.6 is 11.3 Å². The second-order valence-corrected chi connectivity index (χ2v) is 7.89. The van der Waals surface area contributed by atoms with Crippen molar-refractivity contribution in [3.8, 4) is 0 Å². The Morgan fingerprint density at radius 2 is 1.55 bits per heavy atom. The zero-order valence-corrected chi connectivity index (χ0v) is 17.1. The number of rotatable bonds is 7. The Labute approximate surface area is 181 Å². The van der Waals surface area contributed by atoms with Gasteiger partial charge in [0.15, 0.2) is 6.54 Å². The Morgan fingerprint density at radius 3 is 2.23 bits per heavy atom. The van der Waals surface area contributed by atoms with Gasteiger partial charge >= 0.3 is 0 Å². The fraction of sp³-hybridized carbons (Fsp3) is 0.0909. The van der Waals surface area contributed by atoms with Gasteiger partial charge < -0.3 is 0 Å². The topological polar surface area (TPSA) is 103 Å². The Kier molecular flexibility index (Phi) is 5.76. The first kappa shape index (κ1) is 20.3. The van der Waals surface area contributed by atoms with Crippen LogP contribution in [0.2, 0.25) is 0 Å². The van der Waals surface area contributed by atoms with Crippen LogP contribution in [0.3, 0.4) is 0 Å². The number of aromatic nitrogens is 1. The van der Waals surface area contributed by atoms with Crippen molar-refractivity contribution < 1.29 is 14.4 Å². The normalized spacial score (nSPS) is 11.2. The van der Waals surface area contributed by atoms with Gasteiger partial charge in [0.05, 0.1) is 28.0 Å². The molecule has 0 aliphatic carbocycles. The van der Waals surface area contributed by atoms with Gasteiger partial charge in [-0.1, -0.05) is 41.7 Å². The number of nitro groups is 2. The van der Waals surface area contributed by atoms with Gasteiger partial charge in [-0.25, -0.2) is 0 Å². The molecular weight excluding hydrogens is 416 g/mol. The van der Waals surface area contributed by atoms with Crippen molar-refractivity contribution in [3.05, 3.63) is 104 Å². The quantitative estimate of drug-likeness (QED) is 0.177. The number of aliphatic imine (C=N–C) groups is 1. The highest BCUT2D eigenvalue weighted by molar-refractivity contribution is 7.18. The molecule has 0 radical (unpaired) electrons. The van der Waals surface area contributed by atoms with Crippen LogP contribution in [0.4, 0.5) is 17.1 Å². The number of hydrogen-bond acceptors (Lipinski definition) is 6. The summed E-state index contributed by atoms with van der Waals surface area (Å²) in [5, 5.41) is 23.5. The van der Waals surface area contributed by atoms with Crippen LogP contribution in [0.25, 0.3) is 10.2 Å². The van der Waals surface area contributed by atoms with Crippen LogP contribution in [0.1, 0.15) is 10.6 Å². The summed E-state index contributed by atoms with van der Waals surface area (Å²) in [5.41, 5.74) is 1.72. The van der Waals surface area contributed by atoms with Crippen molar-refractivity contribution in [3.63, 3.8) is 0 Å². The maximum absolute atomic E-state index is 11.2. The second kappa shape index (κ2) is 8.80. The fourth-order valence-electron chi connectivity index (χ4n) is 3.29. The van der Waals surface area contributed by atoms with Crippen molar-refractivity contribution in [2.75, 3.05) is 0 Å². The van der Waals surface area contributed by atoms with Crippen molar-refractivity contribution in [1.29, 1.82) is 0 Å². The SMILES string of the molecule is O=[N+]([O-])c1cc(C[n+]2c(CC=Nc3ccccc3)sc3ccccc32)cc([N+](=O)[O-])c1. The van der Waals surface area contributed by atoms with E-state index in [1.54, 1.807) is 11.3 Å². The number of nitro benzene ring substituents is 2. The van der Waals surface area contributed by atoms with Crippen molar-refractivity contribution >= 4 is 44.8 Å². The van der Waals surface area contributed by atoms with Crippen molar-refractivity contribution in [2.24, 2.45) is 4.99 Å². The first-order chi connectivity index (χ1) is 15.0. The van der Waals surface area contributed by atoms with Crippen molar-refractivity contribution in [2.45, 2.75) is 13.0 Å². The summed E-state index contributed by atoms with van der Waals surface area (Å²) in [5.74, 6) is 0. The summed E-state index contributed by atoms with van der Waals surface area (Å²) in [7, 11) is 0. The van der Waals surface area contributed by atoms with E-state index in [2.05, 4.69) is 4.99 Å². The fourth-order valence-corrected chi connectivity index (χ4v) is 4.41. The van der Waals surface area contributed by atoms with E-state index in [1.165, 1.54) is 12.1 Å². The third-order valence-electron chi connectivity index (χ3n) is 4.67. The van der Waals surface area contributed by atoms with E-state index in [4.69, 9.17) is 0 Å². The van der Waals surface area contributed by atoms with Crippen LogP contribution in [0.5, 0.6) is 0 Å². The molecule has 1 heterocycles. The maximum Gasteiger partial charge on any atom is 0.276 e. The minimum atomic E-state index is -0.611. The summed E-state index contributed by atoms with van der Waals surface area (Å²) in [6, 6.07) is 21.2. The Bertz CT molecular complexity index is 1270. The lowest BCUT2D eigenvalue weighted by Crippen LogP contribution is -2.37. The van der Waals surface area contributed by atoms with E-state index in [-0.39, 0.29) is 17.9 Å². The molecule has 0 saturated heterocycles. The molecule has 154 valence electrons. The third-order valence-corrected chi connectivity index (χ3v) is 5.86. The minimum Gasteiger partial charge on any atom is -0.261 e. The maximum atomic E-state index is 11.2. The molecule has 0 saturated carbocycles. The highest BCUT2D eigenvalue weighted by Gasteiger charge is 2.23. The molecule has 8 nitrogen and oxygen atoms in total. The van der Waals surface area contributed by atoms with Gasteiger partial charge in [-0.15, -0.1) is 0 Å². The molecular formula is C22H17N4O4S+. The van der Waals surface area contributed by atoms with Crippen molar-refractivity contribution in [1.82, 2.24) is 0 Å². The molecule has 31 heavy (non-hydrogen) atoms. The summed E-state index contributed by atoms with van der Waals surface area (Å²) in [6.07, 6.45) is 2.39. The average Bonchev–Trinajstić information content (AvgIpc) is 3.11. The molecule has 0 unspecified atom stereocenters. The Hall–Kier alpha value is -3.98. The largest absolute Gasteiger partial charge is 0.276 e. The van der Waals surface area contributed by atoms with Gasteiger partial charge in [-0.3, -0.25) is 25.2 Å². The van der Waals surface area contributed by atoms with Gasteiger partial charge in [-0.2, -0.15) is 4.57 Å². The number of thiazole rings is 1. The number of non-ortho nitro benzene ring substituents is 2. The Morgan fingerprint density at radius 1 is 0.903 bits per heavy atom. The van der Waals surface area contributed by atoms with E-state index < -0.39 is 9.85 Å². The zero-order chi connectivity index (χ0) is 21.8. The predicted octanol–water partition coefficient (Wildman–Crippen LogP) is 5.00. The van der Waals surface area contributed by atoms with E-state index >= 15 is 0 Å². The van der Waals surface area contributed by atoms with Gasteiger partial charge in [0, 0.05) is 30.0 Å². The number of nitrogens with zero attached hydrogens (tertiary/aromatic N) is 4. The molecule has 0 aliphatic rings. The summed E-state index contributed by atoms with van der Waals surface area (Å²) >= 11 is 1.60. The molecule has 0 amide bonds. The van der Waals surface area contributed by atoms with Gasteiger partial charge in [0.2, 0.25) is 10.5 Å². The molecule has 3 aromatic carbocycles. The third kappa shape index (κ3) is 4.62. The highest BCUT2D eigenvalue weighted by Crippen LogP contribution is 2.25. The van der Waals surface area contributed by atoms with E-state index in [0.717, 1.165) is 27.0 Å². The first-order valence-electron chi connectivity index (χ1n) is 9.42. The minimum absolute atomic E-state index is 0.279. The molecule has 0 atom stereocenters. The summed E-state index contributed by atoms with van der Waals surface area (Å²) in [4.78, 5) is 25.8. The molecule has 0 fully saturated rings. The highest BCUT2D eigenvalue weighted by atomic mass is 32.1. The van der Waals surface area contributed by atoms with Crippen LogP contribution in [-0.2, 0) is 13.0 Å². The van der Waals surface area contributed by atoms with Crippen LogP contribution in [0.15, 0.2) is 77.8 Å². The molecule has 0 spiro atoms. The molecule has 4 rings (SSSR count). The molecule has 0 aliphatic heterocycles. The number of para-hydroxylation sites is 2. The lowest BCUT2D eigenvalue weighted by atomic mass is 10.1. The monoisotopic (exact) mass is 433 g/mol. The smallest absolute Gasteiger partial charge is 0.261 e. The summed E-state index contributed by atoms with van der Waals surface area (Å²) < 4.78 is 3.09.